The maximum atomic E-state index is 10.2. The average Bonchev–Trinajstić information content (AvgIpc) is 3.11. The van der Waals surface area contributed by atoms with E-state index in [0.29, 0.717) is 32.8 Å². The Morgan fingerprint density at radius 3 is 2.68 bits per heavy atom. The van der Waals surface area contributed by atoms with Crippen LogP contribution >= 0.6 is 23.2 Å². The van der Waals surface area contributed by atoms with Crippen LogP contribution < -0.4 is 0 Å². The molecule has 0 saturated carbocycles. The number of aromatic hydroxyl groups is 1. The number of para-hydroxylation sites is 2. The molecule has 0 bridgehead atoms. The molecule has 0 aliphatic rings. The largest absolute Gasteiger partial charge is 0.507 e. The van der Waals surface area contributed by atoms with Crippen LogP contribution in [0.25, 0.3) is 28.6 Å². The first-order chi connectivity index (χ1) is 13.6. The Balaban J connectivity index is 1.58. The molecule has 138 valence electrons. The Labute approximate surface area is 171 Å². The first-order valence-corrected chi connectivity index (χ1v) is 9.20. The number of halogens is 2. The summed E-state index contributed by atoms with van der Waals surface area (Å²) < 4.78 is 5.73. The van der Waals surface area contributed by atoms with Gasteiger partial charge in [-0.3, -0.25) is 4.99 Å². The van der Waals surface area contributed by atoms with Gasteiger partial charge < -0.3 is 9.52 Å². The zero-order valence-corrected chi connectivity index (χ0v) is 16.0. The van der Waals surface area contributed by atoms with Crippen molar-refractivity contribution in [2.45, 2.75) is 0 Å². The molecule has 1 heterocycles. The second-order valence-electron chi connectivity index (χ2n) is 5.99. The summed E-state index contributed by atoms with van der Waals surface area (Å²) in [6.07, 6.45) is 5.26. The summed E-state index contributed by atoms with van der Waals surface area (Å²) in [5.41, 5.74) is 3.37. The standard InChI is InChI=1S/C22H14Cl2N2O2/c23-15-8-7-14(18(24)12-15)4-3-11-25-16-9-10-20(27)17(13-16)22-26-19-5-1-2-6-21(19)28-22/h1-13,27H/b4-3-,25-11?. The summed E-state index contributed by atoms with van der Waals surface area (Å²) in [6, 6.07) is 17.7. The fourth-order valence-corrected chi connectivity index (χ4v) is 3.15. The monoisotopic (exact) mass is 408 g/mol. The van der Waals surface area contributed by atoms with Crippen molar-refractivity contribution >= 4 is 52.3 Å². The predicted molar refractivity (Wildman–Crippen MR) is 115 cm³/mol. The molecule has 0 aliphatic heterocycles. The summed E-state index contributed by atoms with van der Waals surface area (Å²) in [6.45, 7) is 0. The minimum atomic E-state index is 0.0778. The highest BCUT2D eigenvalue weighted by molar-refractivity contribution is 6.35. The van der Waals surface area contributed by atoms with Crippen LogP contribution in [-0.2, 0) is 0 Å². The number of allylic oxidation sites excluding steroid dienone is 1. The van der Waals surface area contributed by atoms with E-state index >= 15 is 0 Å². The normalized spacial score (nSPS) is 11.8. The van der Waals surface area contributed by atoms with Crippen molar-refractivity contribution in [3.05, 3.63) is 82.3 Å². The van der Waals surface area contributed by atoms with Crippen LogP contribution in [0.4, 0.5) is 5.69 Å². The maximum absolute atomic E-state index is 10.2. The van der Waals surface area contributed by atoms with Crippen molar-refractivity contribution < 1.29 is 9.52 Å². The zero-order chi connectivity index (χ0) is 19.5. The van der Waals surface area contributed by atoms with E-state index in [2.05, 4.69) is 9.98 Å². The number of hydrogen-bond donors (Lipinski definition) is 1. The highest BCUT2D eigenvalue weighted by Gasteiger charge is 2.12. The molecule has 3 aromatic carbocycles. The lowest BCUT2D eigenvalue weighted by Gasteiger charge is -2.01. The number of aliphatic imine (C=N–C) groups is 1. The van der Waals surface area contributed by atoms with Crippen LogP contribution in [0.1, 0.15) is 5.56 Å². The summed E-state index contributed by atoms with van der Waals surface area (Å²) in [4.78, 5) is 8.81. The number of fused-ring (bicyclic) bond motifs is 1. The van der Waals surface area contributed by atoms with Gasteiger partial charge in [0.2, 0.25) is 5.89 Å². The number of aromatic nitrogens is 1. The van der Waals surface area contributed by atoms with Crippen molar-refractivity contribution in [1.29, 1.82) is 0 Å². The molecule has 0 aliphatic carbocycles. The summed E-state index contributed by atoms with van der Waals surface area (Å²) in [5.74, 6) is 0.424. The van der Waals surface area contributed by atoms with Crippen LogP contribution in [-0.4, -0.2) is 16.3 Å². The average molecular weight is 409 g/mol. The summed E-state index contributed by atoms with van der Waals surface area (Å²) in [7, 11) is 0. The van der Waals surface area contributed by atoms with Crippen molar-refractivity contribution in [3.63, 3.8) is 0 Å². The molecule has 6 heteroatoms. The van der Waals surface area contributed by atoms with Crippen molar-refractivity contribution in [3.8, 4) is 17.2 Å². The van der Waals surface area contributed by atoms with E-state index in [9.17, 15) is 5.11 Å². The minimum Gasteiger partial charge on any atom is -0.507 e. The van der Waals surface area contributed by atoms with E-state index in [1.54, 1.807) is 42.6 Å². The van der Waals surface area contributed by atoms with Crippen LogP contribution in [0, 0.1) is 0 Å². The number of phenolic OH excluding ortho intramolecular Hbond substituents is 1. The third kappa shape index (κ3) is 3.93. The lowest BCUT2D eigenvalue weighted by Crippen LogP contribution is -1.79. The fourth-order valence-electron chi connectivity index (χ4n) is 2.68. The maximum Gasteiger partial charge on any atom is 0.231 e. The molecule has 1 N–H and O–H groups in total. The first-order valence-electron chi connectivity index (χ1n) is 8.45. The molecule has 0 atom stereocenters. The van der Waals surface area contributed by atoms with Crippen LogP contribution in [0.3, 0.4) is 0 Å². The SMILES string of the molecule is Oc1ccc(N=C/C=C\c2ccc(Cl)cc2Cl)cc1-c1nc2ccccc2o1. The van der Waals surface area contributed by atoms with Gasteiger partial charge in [0, 0.05) is 16.3 Å². The van der Waals surface area contributed by atoms with Crippen LogP contribution in [0.15, 0.2) is 76.1 Å². The van der Waals surface area contributed by atoms with E-state index in [1.165, 1.54) is 0 Å². The molecular formula is C22H14Cl2N2O2. The smallest absolute Gasteiger partial charge is 0.231 e. The molecule has 4 nitrogen and oxygen atoms in total. The van der Waals surface area contributed by atoms with Gasteiger partial charge in [0.15, 0.2) is 5.58 Å². The molecule has 28 heavy (non-hydrogen) atoms. The van der Waals surface area contributed by atoms with Crippen molar-refractivity contribution in [1.82, 2.24) is 4.98 Å². The number of oxazole rings is 1. The van der Waals surface area contributed by atoms with E-state index in [1.807, 2.05) is 36.4 Å². The second kappa shape index (κ2) is 7.89. The van der Waals surface area contributed by atoms with Gasteiger partial charge in [0.05, 0.1) is 11.3 Å². The van der Waals surface area contributed by atoms with E-state index < -0.39 is 0 Å². The minimum absolute atomic E-state index is 0.0778. The highest BCUT2D eigenvalue weighted by atomic mass is 35.5. The Bertz CT molecular complexity index is 1180. The second-order valence-corrected chi connectivity index (χ2v) is 6.83. The van der Waals surface area contributed by atoms with Crippen LogP contribution in [0.5, 0.6) is 5.75 Å². The van der Waals surface area contributed by atoms with Gasteiger partial charge in [-0.15, -0.1) is 0 Å². The topological polar surface area (TPSA) is 58.6 Å². The van der Waals surface area contributed by atoms with Gasteiger partial charge in [-0.1, -0.05) is 47.5 Å². The molecule has 0 amide bonds. The van der Waals surface area contributed by atoms with Gasteiger partial charge in [-0.2, -0.15) is 0 Å². The molecular weight excluding hydrogens is 395 g/mol. The summed E-state index contributed by atoms with van der Waals surface area (Å²) in [5, 5.41) is 11.4. The Morgan fingerprint density at radius 2 is 1.86 bits per heavy atom. The highest BCUT2D eigenvalue weighted by Crippen LogP contribution is 2.34. The lowest BCUT2D eigenvalue weighted by molar-refractivity contribution is 0.474. The van der Waals surface area contributed by atoms with Gasteiger partial charge in [-0.05, 0) is 54.1 Å². The van der Waals surface area contributed by atoms with Crippen molar-refractivity contribution in [2.24, 2.45) is 4.99 Å². The van der Waals surface area contributed by atoms with Gasteiger partial charge in [0.25, 0.3) is 0 Å². The quantitative estimate of drug-likeness (QED) is 0.372. The Hall–Kier alpha value is -3.08. The van der Waals surface area contributed by atoms with E-state index in [-0.39, 0.29) is 5.75 Å². The molecule has 4 rings (SSSR count). The number of nitrogens with zero attached hydrogens (tertiary/aromatic N) is 2. The van der Waals surface area contributed by atoms with Crippen LogP contribution in [0.2, 0.25) is 10.0 Å². The Morgan fingerprint density at radius 1 is 1.00 bits per heavy atom. The first kappa shape index (κ1) is 18.3. The lowest BCUT2D eigenvalue weighted by atomic mass is 10.2. The molecule has 0 fully saturated rings. The molecule has 1 aromatic heterocycles. The van der Waals surface area contributed by atoms with Gasteiger partial charge >= 0.3 is 0 Å². The number of rotatable bonds is 4. The van der Waals surface area contributed by atoms with E-state index in [0.717, 1.165) is 11.1 Å². The number of hydrogen-bond acceptors (Lipinski definition) is 4. The predicted octanol–water partition coefficient (Wildman–Crippen LogP) is 6.92. The van der Waals surface area contributed by atoms with Crippen molar-refractivity contribution in [2.75, 3.05) is 0 Å². The fraction of sp³-hybridized carbons (Fsp3) is 0. The number of phenols is 1. The number of benzene rings is 3. The Kier molecular flexibility index (Phi) is 5.15. The van der Waals surface area contributed by atoms with Gasteiger partial charge in [0.1, 0.15) is 11.3 Å². The molecule has 4 aromatic rings. The third-order valence-electron chi connectivity index (χ3n) is 4.05. The third-order valence-corrected chi connectivity index (χ3v) is 4.61. The molecule has 0 spiro atoms. The molecule has 0 unspecified atom stereocenters. The summed E-state index contributed by atoms with van der Waals surface area (Å²) >= 11 is 12.0. The molecule has 0 saturated heterocycles. The molecule has 0 radical (unpaired) electrons. The van der Waals surface area contributed by atoms with Gasteiger partial charge in [-0.25, -0.2) is 4.98 Å². The zero-order valence-electron chi connectivity index (χ0n) is 14.5. The van der Waals surface area contributed by atoms with E-state index in [4.69, 9.17) is 27.6 Å².